The number of nitrogens with zero attached hydrogens (tertiary/aromatic N) is 1. The molecule has 2 fully saturated rings. The molecule has 9 heteroatoms. The quantitative estimate of drug-likeness (QED) is 0.393. The average Bonchev–Trinajstić information content (AvgIpc) is 3.27. The summed E-state index contributed by atoms with van der Waals surface area (Å²) in [6, 6.07) is 4.59. The van der Waals surface area contributed by atoms with Gasteiger partial charge in [-0.15, -0.1) is 0 Å². The minimum atomic E-state index is -0.699. The van der Waals surface area contributed by atoms with Crippen molar-refractivity contribution in [2.45, 2.75) is 58.4 Å². The first-order valence-electron chi connectivity index (χ1n) is 10.8. The Kier molecular flexibility index (Phi) is 6.82. The van der Waals surface area contributed by atoms with E-state index >= 15 is 0 Å². The van der Waals surface area contributed by atoms with Crippen molar-refractivity contribution in [2.24, 2.45) is 5.92 Å². The molecule has 168 valence electrons. The fourth-order valence-corrected chi connectivity index (χ4v) is 3.92. The molecule has 0 atom stereocenters. The van der Waals surface area contributed by atoms with Crippen molar-refractivity contribution in [3.8, 4) is 0 Å². The van der Waals surface area contributed by atoms with Crippen LogP contribution < -0.4 is 21.3 Å². The Morgan fingerprint density at radius 1 is 1.16 bits per heavy atom. The third-order valence-corrected chi connectivity index (χ3v) is 5.82. The van der Waals surface area contributed by atoms with Gasteiger partial charge in [-0.3, -0.25) is 14.5 Å². The van der Waals surface area contributed by atoms with Crippen LogP contribution in [0.25, 0.3) is 0 Å². The van der Waals surface area contributed by atoms with Crippen LogP contribution in [0.15, 0.2) is 18.2 Å². The highest BCUT2D eigenvalue weighted by Crippen LogP contribution is 2.35. The summed E-state index contributed by atoms with van der Waals surface area (Å²) in [5, 5.41) is 11.2. The Bertz CT molecular complexity index is 877. The largest absolute Gasteiger partial charge is 0.338 e. The third-order valence-electron chi connectivity index (χ3n) is 5.82. The van der Waals surface area contributed by atoms with Crippen LogP contribution in [-0.2, 0) is 9.59 Å². The van der Waals surface area contributed by atoms with Gasteiger partial charge in [0.05, 0.1) is 0 Å². The summed E-state index contributed by atoms with van der Waals surface area (Å²) in [5.41, 5.74) is 1.37. The molecule has 0 aromatic heterocycles. The highest BCUT2D eigenvalue weighted by Gasteiger charge is 2.51. The van der Waals surface area contributed by atoms with Crippen molar-refractivity contribution >= 4 is 35.3 Å². The summed E-state index contributed by atoms with van der Waals surface area (Å²) >= 11 is 0. The molecule has 1 aliphatic carbocycles. The zero-order valence-corrected chi connectivity index (χ0v) is 18.3. The van der Waals surface area contributed by atoms with Crippen molar-refractivity contribution in [3.63, 3.8) is 0 Å². The highest BCUT2D eigenvalue weighted by molar-refractivity contribution is 6.07. The van der Waals surface area contributed by atoms with Gasteiger partial charge in [-0.05, 0) is 43.9 Å². The van der Waals surface area contributed by atoms with Crippen LogP contribution in [0, 0.1) is 12.8 Å². The molecule has 0 unspecified atom stereocenters. The molecule has 2 aliphatic rings. The summed E-state index contributed by atoms with van der Waals surface area (Å²) in [6.07, 6.45) is 3.76. The van der Waals surface area contributed by atoms with Crippen molar-refractivity contribution in [2.75, 3.05) is 23.7 Å². The van der Waals surface area contributed by atoms with E-state index in [1.165, 1.54) is 4.90 Å². The molecular weight excluding hydrogens is 398 g/mol. The smallest absolute Gasteiger partial charge is 0.325 e. The van der Waals surface area contributed by atoms with E-state index in [9.17, 15) is 19.2 Å². The number of rotatable bonds is 7. The number of benzene rings is 1. The predicted molar refractivity (Wildman–Crippen MR) is 118 cm³/mol. The zero-order valence-electron chi connectivity index (χ0n) is 18.3. The molecule has 4 N–H and O–H groups in total. The van der Waals surface area contributed by atoms with E-state index in [4.69, 9.17) is 0 Å². The first-order valence-corrected chi connectivity index (χ1v) is 10.8. The Balaban J connectivity index is 1.46. The number of hydrogen-bond acceptors (Lipinski definition) is 4. The monoisotopic (exact) mass is 429 g/mol. The van der Waals surface area contributed by atoms with Crippen LogP contribution in [0.2, 0.25) is 0 Å². The van der Waals surface area contributed by atoms with Crippen molar-refractivity contribution in [1.82, 2.24) is 15.5 Å². The van der Waals surface area contributed by atoms with Gasteiger partial charge in [-0.1, -0.05) is 32.8 Å². The summed E-state index contributed by atoms with van der Waals surface area (Å²) in [6.45, 7) is 6.06. The molecule has 1 saturated heterocycles. The molecule has 1 spiro atoms. The van der Waals surface area contributed by atoms with E-state index in [0.717, 1.165) is 18.4 Å². The molecule has 3 rings (SSSR count). The van der Waals surface area contributed by atoms with E-state index in [1.54, 1.807) is 12.1 Å². The van der Waals surface area contributed by atoms with Crippen LogP contribution >= 0.6 is 0 Å². The van der Waals surface area contributed by atoms with E-state index in [0.29, 0.717) is 37.2 Å². The number of aryl methyl sites for hydroxylation is 1. The summed E-state index contributed by atoms with van der Waals surface area (Å²) < 4.78 is 0. The number of amides is 6. The molecule has 1 aliphatic heterocycles. The summed E-state index contributed by atoms with van der Waals surface area (Å²) in [5.74, 6) is -0.386. The first kappa shape index (κ1) is 22.6. The minimum absolute atomic E-state index is 0.0980. The second-order valence-corrected chi connectivity index (χ2v) is 8.58. The van der Waals surface area contributed by atoms with Crippen LogP contribution in [0.3, 0.4) is 0 Å². The molecular formula is C22H31N5O4. The lowest BCUT2D eigenvalue weighted by molar-refractivity contribution is -0.131. The van der Waals surface area contributed by atoms with Crippen molar-refractivity contribution < 1.29 is 19.2 Å². The van der Waals surface area contributed by atoms with Gasteiger partial charge in [0.2, 0.25) is 5.91 Å². The van der Waals surface area contributed by atoms with Crippen LogP contribution in [0.5, 0.6) is 0 Å². The Morgan fingerprint density at radius 2 is 1.87 bits per heavy atom. The van der Waals surface area contributed by atoms with Gasteiger partial charge in [0, 0.05) is 30.4 Å². The van der Waals surface area contributed by atoms with E-state index in [-0.39, 0.29) is 36.3 Å². The van der Waals surface area contributed by atoms with Crippen molar-refractivity contribution in [1.29, 1.82) is 0 Å². The molecule has 9 nitrogen and oxygen atoms in total. The second kappa shape index (κ2) is 9.36. The molecule has 1 aromatic carbocycles. The van der Waals surface area contributed by atoms with Gasteiger partial charge in [-0.25, -0.2) is 9.59 Å². The Labute approximate surface area is 182 Å². The van der Waals surface area contributed by atoms with Gasteiger partial charge in [0.25, 0.3) is 5.91 Å². The van der Waals surface area contributed by atoms with Crippen LogP contribution in [0.4, 0.5) is 21.0 Å². The molecule has 1 heterocycles. The fourth-order valence-electron chi connectivity index (χ4n) is 3.92. The maximum atomic E-state index is 12.6. The van der Waals surface area contributed by atoms with Crippen LogP contribution in [0.1, 0.15) is 51.5 Å². The minimum Gasteiger partial charge on any atom is -0.338 e. The number of imide groups is 1. The molecule has 31 heavy (non-hydrogen) atoms. The van der Waals surface area contributed by atoms with Gasteiger partial charge >= 0.3 is 12.1 Å². The standard InChI is InChI=1S/C22H31N5O4/c1-14(2)18(28)24-16-8-7-15(3)17(13-16)25-20(30)23-11-6-12-27-19(29)22(26-21(27)31)9-4-5-10-22/h7-8,13-14H,4-6,9-12H2,1-3H3,(H,24,28)(H,26,31)(H2,23,25,30). The number of carbonyl (C=O) groups is 4. The molecule has 1 aromatic rings. The highest BCUT2D eigenvalue weighted by atomic mass is 16.2. The average molecular weight is 430 g/mol. The number of hydrogen-bond donors (Lipinski definition) is 4. The second-order valence-electron chi connectivity index (χ2n) is 8.58. The van der Waals surface area contributed by atoms with E-state index < -0.39 is 5.54 Å². The van der Waals surface area contributed by atoms with Gasteiger partial charge in [0.1, 0.15) is 5.54 Å². The SMILES string of the molecule is Cc1ccc(NC(=O)C(C)C)cc1NC(=O)NCCCN1C(=O)NC2(CCCC2)C1=O. The number of urea groups is 2. The lowest BCUT2D eigenvalue weighted by Crippen LogP contribution is -2.44. The van der Waals surface area contributed by atoms with Crippen LogP contribution in [-0.4, -0.2) is 47.4 Å². The Hall–Kier alpha value is -3.10. The van der Waals surface area contributed by atoms with Gasteiger partial charge in [0.15, 0.2) is 0 Å². The number of nitrogens with one attached hydrogen (secondary N) is 4. The summed E-state index contributed by atoms with van der Waals surface area (Å²) in [4.78, 5) is 50.2. The molecule has 0 radical (unpaired) electrons. The Morgan fingerprint density at radius 3 is 2.55 bits per heavy atom. The number of anilines is 2. The van der Waals surface area contributed by atoms with E-state index in [1.807, 2.05) is 26.8 Å². The number of carbonyl (C=O) groups excluding carboxylic acids is 4. The lowest BCUT2D eigenvalue weighted by Gasteiger charge is -2.20. The van der Waals surface area contributed by atoms with E-state index in [2.05, 4.69) is 21.3 Å². The van der Waals surface area contributed by atoms with Crippen molar-refractivity contribution in [3.05, 3.63) is 23.8 Å². The molecule has 1 saturated carbocycles. The van der Waals surface area contributed by atoms with Gasteiger partial charge < -0.3 is 21.3 Å². The normalized spacial score (nSPS) is 17.2. The summed E-state index contributed by atoms with van der Waals surface area (Å²) in [7, 11) is 0. The third kappa shape index (κ3) is 5.15. The lowest BCUT2D eigenvalue weighted by atomic mass is 9.98. The molecule has 6 amide bonds. The maximum Gasteiger partial charge on any atom is 0.325 e. The zero-order chi connectivity index (χ0) is 22.6. The maximum absolute atomic E-state index is 12.6. The molecule has 0 bridgehead atoms. The van der Waals surface area contributed by atoms with Gasteiger partial charge in [-0.2, -0.15) is 0 Å². The first-order chi connectivity index (χ1) is 14.7. The topological polar surface area (TPSA) is 120 Å². The predicted octanol–water partition coefficient (Wildman–Crippen LogP) is 2.97. The fraction of sp³-hybridized carbons (Fsp3) is 0.545.